The predicted octanol–water partition coefficient (Wildman–Crippen LogP) is 7.89. The molecule has 7 rings (SSSR count). The second-order valence-electron chi connectivity index (χ2n) is 15.1. The Balaban J connectivity index is 0.973. The first-order valence-electron chi connectivity index (χ1n) is 19.7. The quantitative estimate of drug-likeness (QED) is 0.0501. The molecule has 2 aliphatic rings. The molecule has 5 amide bonds. The topological polar surface area (TPSA) is 173 Å². The fraction of sp³-hybridized carbons (Fsp3) is 0.283. The summed E-state index contributed by atoms with van der Waals surface area (Å²) in [6.07, 6.45) is 1.67. The first-order valence-corrected chi connectivity index (χ1v) is 20.3. The second-order valence-corrected chi connectivity index (χ2v) is 15.4. The Hall–Kier alpha value is -6.40. The van der Waals surface area contributed by atoms with Gasteiger partial charge in [0.15, 0.2) is 0 Å². The lowest BCUT2D eigenvalue weighted by Gasteiger charge is -2.25. The highest BCUT2D eigenvalue weighted by Gasteiger charge is 2.32. The van der Waals surface area contributed by atoms with Gasteiger partial charge >= 0.3 is 12.1 Å². The Morgan fingerprint density at radius 1 is 0.831 bits per heavy atom. The monoisotopic (exact) mass is 814 g/mol. The van der Waals surface area contributed by atoms with E-state index in [4.69, 9.17) is 26.8 Å². The number of carbonyl (C=O) groups excluding carboxylic acids is 4. The van der Waals surface area contributed by atoms with Crippen molar-refractivity contribution in [2.45, 2.75) is 57.2 Å². The molecular weight excluding hydrogens is 768 g/mol. The number of ether oxygens (including phenoxy) is 2. The van der Waals surface area contributed by atoms with Crippen molar-refractivity contribution in [3.8, 4) is 16.9 Å². The lowest BCUT2D eigenvalue weighted by molar-refractivity contribution is -0.128. The van der Waals surface area contributed by atoms with Crippen molar-refractivity contribution in [2.75, 3.05) is 24.3 Å². The smallest absolute Gasteiger partial charge is 0.407 e. The van der Waals surface area contributed by atoms with Crippen LogP contribution in [0.2, 0.25) is 0 Å². The largest absolute Gasteiger partial charge is 0.488 e. The molecule has 12 nitrogen and oxygen atoms in total. The van der Waals surface area contributed by atoms with Crippen molar-refractivity contribution in [1.82, 2.24) is 16.0 Å². The minimum atomic E-state index is -1.00. The third-order valence-electron chi connectivity index (χ3n) is 10.7. The van der Waals surface area contributed by atoms with Crippen LogP contribution >= 0.6 is 11.6 Å². The number of urea groups is 1. The van der Waals surface area contributed by atoms with E-state index in [9.17, 15) is 19.2 Å². The van der Waals surface area contributed by atoms with Gasteiger partial charge in [-0.05, 0) is 69.7 Å². The molecule has 0 saturated heterocycles. The summed E-state index contributed by atoms with van der Waals surface area (Å²) in [6.45, 7) is 4.16. The average molecular weight is 815 g/mol. The highest BCUT2D eigenvalue weighted by Crippen LogP contribution is 2.45. The number of fused-ring (bicyclic) bond motifs is 6. The zero-order valence-electron chi connectivity index (χ0n) is 32.9. The molecule has 1 aliphatic carbocycles. The maximum atomic E-state index is 13.7. The van der Waals surface area contributed by atoms with Gasteiger partial charge in [0.1, 0.15) is 31.0 Å². The minimum absolute atomic E-state index is 0.0515. The minimum Gasteiger partial charge on any atom is -0.488 e. The third kappa shape index (κ3) is 9.34. The standard InChI is InChI=1S/C46H47ClN6O6/c1-27(2)42(53-46(57)59-26-37-33-12-5-3-10-31(33)32-11-4-6-13-34(32)37)44(55)52-38(16-9-21-49-45(48)56)43(54)51-30-19-17-28(18-20-30)25-58-40-22-39-41(29(23-47)24-50-39)36-15-8-7-14-35(36)40/h3-8,10-15,17-20,22,24,27,29,37-38,42H,9,16,21,23,25-26H2,1-2H3,(H,51,54)(H,52,55)(H,53,57)(H3,48,49,56)/t29-,38+,42+/m1/s1. The molecule has 0 bridgehead atoms. The van der Waals surface area contributed by atoms with Crippen molar-refractivity contribution < 1.29 is 28.7 Å². The Morgan fingerprint density at radius 3 is 2.15 bits per heavy atom. The molecule has 0 spiro atoms. The van der Waals surface area contributed by atoms with Gasteiger partial charge in [0.05, 0.1) is 5.69 Å². The average Bonchev–Trinajstić information content (AvgIpc) is 3.81. The number of alkyl halides is 1. The Labute approximate surface area is 347 Å². The van der Waals surface area contributed by atoms with Crippen LogP contribution in [0.1, 0.15) is 60.8 Å². The molecule has 1 aliphatic heterocycles. The van der Waals surface area contributed by atoms with Gasteiger partial charge in [-0.2, -0.15) is 0 Å². The number of primary amides is 1. The number of carbonyl (C=O) groups is 4. The van der Waals surface area contributed by atoms with Crippen LogP contribution in [0.4, 0.5) is 21.0 Å². The highest BCUT2D eigenvalue weighted by molar-refractivity contribution is 6.20. The van der Waals surface area contributed by atoms with Gasteiger partial charge in [0.25, 0.3) is 0 Å². The molecule has 3 atom stereocenters. The maximum absolute atomic E-state index is 13.7. The number of amides is 5. The number of halogens is 1. The first-order chi connectivity index (χ1) is 28.6. The predicted molar refractivity (Wildman–Crippen MR) is 231 cm³/mol. The van der Waals surface area contributed by atoms with Crippen LogP contribution in [0.15, 0.2) is 108 Å². The van der Waals surface area contributed by atoms with Gasteiger partial charge in [-0.15, -0.1) is 11.6 Å². The summed E-state index contributed by atoms with van der Waals surface area (Å²) in [4.78, 5) is 56.5. The van der Waals surface area contributed by atoms with Gasteiger partial charge < -0.3 is 36.5 Å². The van der Waals surface area contributed by atoms with Gasteiger partial charge in [0, 0.05) is 47.6 Å². The van der Waals surface area contributed by atoms with E-state index in [0.717, 1.165) is 49.8 Å². The van der Waals surface area contributed by atoms with Crippen LogP contribution in [-0.4, -0.2) is 61.3 Å². The number of hydrogen-bond acceptors (Lipinski definition) is 7. The lowest BCUT2D eigenvalue weighted by atomic mass is 9.95. The molecule has 59 heavy (non-hydrogen) atoms. The number of rotatable bonds is 16. The van der Waals surface area contributed by atoms with Gasteiger partial charge in [-0.25, -0.2) is 9.59 Å². The Kier molecular flexibility index (Phi) is 12.8. The summed E-state index contributed by atoms with van der Waals surface area (Å²) in [5, 5.41) is 13.0. The van der Waals surface area contributed by atoms with E-state index in [1.165, 1.54) is 0 Å². The van der Waals surface area contributed by atoms with Crippen molar-refractivity contribution >= 4 is 63.9 Å². The number of hydrogen-bond donors (Lipinski definition) is 5. The summed E-state index contributed by atoms with van der Waals surface area (Å²) < 4.78 is 12.0. The number of anilines is 1. The van der Waals surface area contributed by atoms with Gasteiger partial charge in [0.2, 0.25) is 11.8 Å². The van der Waals surface area contributed by atoms with Crippen molar-refractivity contribution in [1.29, 1.82) is 0 Å². The fourth-order valence-electron chi connectivity index (χ4n) is 7.75. The van der Waals surface area contributed by atoms with E-state index >= 15 is 0 Å². The maximum Gasteiger partial charge on any atom is 0.407 e. The number of alkyl carbamates (subject to hydrolysis) is 1. The third-order valence-corrected chi connectivity index (χ3v) is 11.1. The molecule has 13 heteroatoms. The van der Waals surface area contributed by atoms with Crippen molar-refractivity contribution in [3.05, 3.63) is 125 Å². The molecule has 5 aromatic rings. The molecule has 0 unspecified atom stereocenters. The van der Waals surface area contributed by atoms with E-state index in [0.29, 0.717) is 23.7 Å². The molecule has 0 saturated carbocycles. The normalized spacial score (nSPS) is 14.8. The van der Waals surface area contributed by atoms with Crippen LogP contribution in [0.3, 0.4) is 0 Å². The number of nitrogens with two attached hydrogens (primary N) is 1. The summed E-state index contributed by atoms with van der Waals surface area (Å²) in [5.41, 5.74) is 12.9. The fourth-order valence-corrected chi connectivity index (χ4v) is 7.99. The zero-order valence-corrected chi connectivity index (χ0v) is 33.6. The van der Waals surface area contributed by atoms with E-state index in [2.05, 4.69) is 44.5 Å². The van der Waals surface area contributed by atoms with E-state index in [1.54, 1.807) is 26.0 Å². The zero-order chi connectivity index (χ0) is 41.5. The molecular formula is C46H47ClN6O6. The number of benzene rings is 5. The highest BCUT2D eigenvalue weighted by atomic mass is 35.5. The summed E-state index contributed by atoms with van der Waals surface area (Å²) in [5.74, 6) is -0.291. The molecule has 1 heterocycles. The van der Waals surface area contributed by atoms with Crippen LogP contribution < -0.4 is 31.7 Å². The van der Waals surface area contributed by atoms with E-state index in [-0.39, 0.29) is 43.9 Å². The summed E-state index contributed by atoms with van der Waals surface area (Å²) in [6, 6.07) is 30.6. The van der Waals surface area contributed by atoms with Crippen LogP contribution in [0.25, 0.3) is 21.9 Å². The van der Waals surface area contributed by atoms with Gasteiger partial charge in [-0.1, -0.05) is 98.8 Å². The summed E-state index contributed by atoms with van der Waals surface area (Å²) >= 11 is 6.23. The van der Waals surface area contributed by atoms with Crippen molar-refractivity contribution in [2.24, 2.45) is 16.6 Å². The van der Waals surface area contributed by atoms with Crippen LogP contribution in [-0.2, 0) is 20.9 Å². The molecule has 0 aromatic heterocycles. The number of nitrogens with zero attached hydrogens (tertiary/aromatic N) is 1. The molecule has 5 aromatic carbocycles. The molecule has 0 radical (unpaired) electrons. The summed E-state index contributed by atoms with van der Waals surface area (Å²) in [7, 11) is 0. The second kappa shape index (κ2) is 18.5. The van der Waals surface area contributed by atoms with E-state index < -0.39 is 36.0 Å². The Bertz CT molecular complexity index is 2340. The molecule has 0 fully saturated rings. The van der Waals surface area contributed by atoms with Gasteiger partial charge in [-0.3, -0.25) is 14.6 Å². The SMILES string of the molecule is CC(C)[C@H](NC(=O)OCC1c2ccccc2-c2ccccc21)C(=O)N[C@@H](CCCNC(N)=O)C(=O)Nc1ccc(COc2cc3c(c4ccccc24)[C@H](CCl)C=N3)cc1. The van der Waals surface area contributed by atoms with E-state index in [1.807, 2.05) is 79.0 Å². The number of aliphatic imine (C=N–C) groups is 1. The van der Waals surface area contributed by atoms with Crippen molar-refractivity contribution in [3.63, 3.8) is 0 Å². The molecule has 304 valence electrons. The number of nitrogens with one attached hydrogen (secondary N) is 4. The molecule has 6 N–H and O–H groups in total. The first kappa shape index (κ1) is 40.8. The lowest BCUT2D eigenvalue weighted by Crippen LogP contribution is -2.54. The Morgan fingerprint density at radius 2 is 1.49 bits per heavy atom. The van der Waals surface area contributed by atoms with Crippen LogP contribution in [0.5, 0.6) is 5.75 Å². The van der Waals surface area contributed by atoms with Crippen LogP contribution in [0, 0.1) is 5.92 Å².